The molecule has 0 radical (unpaired) electrons. The molecule has 0 fully saturated rings. The highest BCUT2D eigenvalue weighted by Gasteiger charge is 2.27. The minimum atomic E-state index is -0.955. The zero-order valence-corrected chi connectivity index (χ0v) is 18.2. The highest BCUT2D eigenvalue weighted by atomic mass is 32.1. The molecule has 0 spiro atoms. The fraction of sp³-hybridized carbons (Fsp3) is 0.182. The monoisotopic (exact) mass is 474 g/mol. The summed E-state index contributed by atoms with van der Waals surface area (Å²) in [7, 11) is 2.45. The Morgan fingerprint density at radius 2 is 1.91 bits per heavy atom. The number of anilines is 1. The van der Waals surface area contributed by atoms with Crippen LogP contribution in [0.4, 0.5) is 14.6 Å². The standard InChI is InChI=1S/C22H16F2N2O6S/c1-30-21(28)14-8-13-19(33-14)16(18(32-13)22(29)31-2)10-6-7-15(25-9-10)26-20(27)17-11(23)4-3-5-12(17)24/h4,6-9H,3,5H2,1-2H3,(H,25,26,27). The second-order valence-corrected chi connectivity index (χ2v) is 7.90. The number of hydrogen-bond donors (Lipinski definition) is 1. The second-order valence-electron chi connectivity index (χ2n) is 6.85. The number of nitrogens with zero attached hydrogens (tertiary/aromatic N) is 1. The van der Waals surface area contributed by atoms with Crippen LogP contribution in [0.2, 0.25) is 0 Å². The van der Waals surface area contributed by atoms with Crippen molar-refractivity contribution in [3.8, 4) is 11.1 Å². The van der Waals surface area contributed by atoms with Gasteiger partial charge in [-0.25, -0.2) is 23.4 Å². The number of thiophene rings is 1. The van der Waals surface area contributed by atoms with Crippen LogP contribution in [0.25, 0.3) is 21.4 Å². The van der Waals surface area contributed by atoms with E-state index in [4.69, 9.17) is 13.9 Å². The number of carbonyl (C=O) groups is 3. The number of allylic oxidation sites excluding steroid dienone is 2. The van der Waals surface area contributed by atoms with Crippen LogP contribution in [-0.4, -0.2) is 37.0 Å². The Labute approximate surface area is 189 Å². The Bertz CT molecular complexity index is 1340. The first kappa shape index (κ1) is 22.3. The molecule has 1 aliphatic carbocycles. The molecule has 170 valence electrons. The van der Waals surface area contributed by atoms with Crippen molar-refractivity contribution in [2.24, 2.45) is 0 Å². The van der Waals surface area contributed by atoms with Crippen molar-refractivity contribution in [2.75, 3.05) is 19.5 Å². The number of nitrogens with one attached hydrogen (secondary N) is 1. The third-order valence-corrected chi connectivity index (χ3v) is 5.95. The Morgan fingerprint density at radius 3 is 2.55 bits per heavy atom. The topological polar surface area (TPSA) is 108 Å². The van der Waals surface area contributed by atoms with E-state index in [9.17, 15) is 23.2 Å². The number of aromatic nitrogens is 1. The van der Waals surface area contributed by atoms with Crippen molar-refractivity contribution >= 4 is 45.3 Å². The summed E-state index contributed by atoms with van der Waals surface area (Å²) in [4.78, 5) is 40.8. The molecule has 33 heavy (non-hydrogen) atoms. The number of amides is 1. The van der Waals surface area contributed by atoms with Gasteiger partial charge in [0, 0.05) is 24.2 Å². The molecular formula is C22H16F2N2O6S. The normalized spacial score (nSPS) is 13.6. The summed E-state index contributed by atoms with van der Waals surface area (Å²) in [5.41, 5.74) is 0.415. The van der Waals surface area contributed by atoms with Gasteiger partial charge in [0.25, 0.3) is 5.91 Å². The van der Waals surface area contributed by atoms with E-state index >= 15 is 0 Å². The predicted octanol–water partition coefficient (Wildman–Crippen LogP) is 4.94. The first-order valence-corrected chi connectivity index (χ1v) is 10.4. The van der Waals surface area contributed by atoms with Crippen LogP contribution in [0.1, 0.15) is 33.1 Å². The van der Waals surface area contributed by atoms with Gasteiger partial charge in [0.2, 0.25) is 5.76 Å². The maximum absolute atomic E-state index is 13.9. The fourth-order valence-electron chi connectivity index (χ4n) is 3.30. The Balaban J connectivity index is 1.68. The molecule has 8 nitrogen and oxygen atoms in total. The van der Waals surface area contributed by atoms with Crippen molar-refractivity contribution in [2.45, 2.75) is 12.8 Å². The number of furan rings is 1. The number of halogens is 2. The lowest BCUT2D eigenvalue weighted by atomic mass is 10.0. The van der Waals surface area contributed by atoms with E-state index in [1.165, 1.54) is 38.6 Å². The third kappa shape index (κ3) is 4.14. The van der Waals surface area contributed by atoms with Gasteiger partial charge in [0.15, 0.2) is 0 Å². The van der Waals surface area contributed by atoms with Gasteiger partial charge in [0.1, 0.15) is 33.5 Å². The first-order chi connectivity index (χ1) is 15.8. The second kappa shape index (κ2) is 8.94. The molecule has 0 saturated carbocycles. The van der Waals surface area contributed by atoms with Gasteiger partial charge in [0.05, 0.1) is 24.5 Å². The van der Waals surface area contributed by atoms with Crippen LogP contribution in [0.5, 0.6) is 0 Å². The van der Waals surface area contributed by atoms with Crippen LogP contribution in [0.15, 0.2) is 52.1 Å². The van der Waals surface area contributed by atoms with E-state index in [0.29, 0.717) is 15.8 Å². The van der Waals surface area contributed by atoms with E-state index in [0.717, 1.165) is 17.4 Å². The van der Waals surface area contributed by atoms with E-state index in [1.54, 1.807) is 0 Å². The fourth-order valence-corrected chi connectivity index (χ4v) is 4.36. The number of pyridine rings is 1. The lowest BCUT2D eigenvalue weighted by molar-refractivity contribution is -0.112. The molecule has 3 aromatic rings. The molecule has 0 aliphatic heterocycles. The summed E-state index contributed by atoms with van der Waals surface area (Å²) < 4.78 is 43.4. The number of methoxy groups -OCH3 is 2. The average Bonchev–Trinajstić information content (AvgIpc) is 3.37. The summed E-state index contributed by atoms with van der Waals surface area (Å²) in [5, 5.41) is 2.35. The van der Waals surface area contributed by atoms with Crippen molar-refractivity contribution in [1.82, 2.24) is 4.98 Å². The van der Waals surface area contributed by atoms with Crippen LogP contribution < -0.4 is 5.32 Å². The smallest absolute Gasteiger partial charge is 0.374 e. The maximum Gasteiger partial charge on any atom is 0.374 e. The summed E-state index contributed by atoms with van der Waals surface area (Å²) in [5.74, 6) is -4.03. The molecule has 3 heterocycles. The highest BCUT2D eigenvalue weighted by molar-refractivity contribution is 7.21. The van der Waals surface area contributed by atoms with Gasteiger partial charge >= 0.3 is 11.9 Å². The van der Waals surface area contributed by atoms with Crippen LogP contribution in [0.3, 0.4) is 0 Å². The summed E-state index contributed by atoms with van der Waals surface area (Å²) >= 11 is 1.06. The van der Waals surface area contributed by atoms with Gasteiger partial charge in [-0.05, 0) is 24.6 Å². The van der Waals surface area contributed by atoms with E-state index in [2.05, 4.69) is 10.3 Å². The zero-order valence-electron chi connectivity index (χ0n) is 17.4. The van der Waals surface area contributed by atoms with Gasteiger partial charge in [-0.1, -0.05) is 0 Å². The van der Waals surface area contributed by atoms with E-state index < -0.39 is 35.1 Å². The number of esters is 2. The lowest BCUT2D eigenvalue weighted by Gasteiger charge is -2.12. The van der Waals surface area contributed by atoms with Gasteiger partial charge < -0.3 is 19.2 Å². The summed E-state index contributed by atoms with van der Waals surface area (Å²) in [6, 6.07) is 4.40. The van der Waals surface area contributed by atoms with E-state index in [1.807, 2.05) is 0 Å². The third-order valence-electron chi connectivity index (χ3n) is 4.84. The molecule has 11 heteroatoms. The number of carbonyl (C=O) groups excluding carboxylic acids is 3. The Kier molecular flexibility index (Phi) is 6.05. The Morgan fingerprint density at radius 1 is 1.15 bits per heavy atom. The average molecular weight is 474 g/mol. The van der Waals surface area contributed by atoms with Gasteiger partial charge in [-0.3, -0.25) is 4.79 Å². The molecule has 0 saturated heterocycles. The zero-order chi connectivity index (χ0) is 23.7. The van der Waals surface area contributed by atoms with Crippen molar-refractivity contribution in [1.29, 1.82) is 0 Å². The minimum Gasteiger partial charge on any atom is -0.465 e. The molecule has 0 bridgehead atoms. The first-order valence-electron chi connectivity index (χ1n) is 9.59. The largest absolute Gasteiger partial charge is 0.465 e. The number of hydrogen-bond acceptors (Lipinski definition) is 8. The number of rotatable bonds is 5. The minimum absolute atomic E-state index is 0.0446. The number of fused-ring (bicyclic) bond motifs is 1. The van der Waals surface area contributed by atoms with Gasteiger partial charge in [-0.2, -0.15) is 0 Å². The molecule has 4 rings (SSSR count). The lowest BCUT2D eigenvalue weighted by Crippen LogP contribution is -2.18. The molecule has 0 unspecified atom stereocenters. The SMILES string of the molecule is COC(=O)c1cc2oc(C(=O)OC)c(-c3ccc(NC(=O)C4=C(F)CCC=C4F)nc3)c2s1. The molecule has 0 aromatic carbocycles. The van der Waals surface area contributed by atoms with Crippen molar-refractivity contribution < 1.29 is 37.1 Å². The molecule has 1 N–H and O–H groups in total. The molecule has 3 aromatic heterocycles. The van der Waals surface area contributed by atoms with Crippen LogP contribution in [0, 0.1) is 0 Å². The molecule has 1 aliphatic rings. The molecule has 1 amide bonds. The Hall–Kier alpha value is -3.86. The van der Waals surface area contributed by atoms with E-state index in [-0.39, 0.29) is 34.9 Å². The molecule has 0 atom stereocenters. The van der Waals surface area contributed by atoms with Crippen molar-refractivity contribution in [3.05, 3.63) is 58.3 Å². The quantitative estimate of drug-likeness (QED) is 0.522. The molecular weight excluding hydrogens is 458 g/mol. The van der Waals surface area contributed by atoms with Crippen LogP contribution in [-0.2, 0) is 14.3 Å². The summed E-state index contributed by atoms with van der Waals surface area (Å²) in [6.07, 6.45) is 2.63. The number of ether oxygens (including phenoxy) is 2. The van der Waals surface area contributed by atoms with Gasteiger partial charge in [-0.15, -0.1) is 11.3 Å². The van der Waals surface area contributed by atoms with Crippen LogP contribution >= 0.6 is 11.3 Å². The highest BCUT2D eigenvalue weighted by Crippen LogP contribution is 2.40. The summed E-state index contributed by atoms with van der Waals surface area (Å²) in [6.45, 7) is 0. The van der Waals surface area contributed by atoms with Crippen molar-refractivity contribution in [3.63, 3.8) is 0 Å². The maximum atomic E-state index is 13.9. The predicted molar refractivity (Wildman–Crippen MR) is 115 cm³/mol.